The molecule has 0 bridgehead atoms. The van der Waals surface area contributed by atoms with Crippen molar-refractivity contribution in [2.75, 3.05) is 5.32 Å². The average molecular weight is 440 g/mol. The summed E-state index contributed by atoms with van der Waals surface area (Å²) < 4.78 is 24.8. The Kier molecular flexibility index (Phi) is 4.91. The third-order valence-electron chi connectivity index (χ3n) is 2.69. The average Bonchev–Trinajstić information content (AvgIpc) is 2.66. The third-order valence-corrected chi connectivity index (χ3v) is 6.85. The fourth-order valence-corrected chi connectivity index (χ4v) is 4.29. The van der Waals surface area contributed by atoms with Crippen molar-refractivity contribution < 1.29 is 8.42 Å². The zero-order valence-electron chi connectivity index (χ0n) is 10.5. The molecule has 2 rings (SSSR count). The van der Waals surface area contributed by atoms with Gasteiger partial charge in [-0.1, -0.05) is 6.07 Å². The van der Waals surface area contributed by atoms with Gasteiger partial charge in [-0.05, 0) is 62.5 Å². The van der Waals surface area contributed by atoms with Crippen molar-refractivity contribution in [3.8, 4) is 0 Å². The second-order valence-corrected chi connectivity index (χ2v) is 9.08. The summed E-state index contributed by atoms with van der Waals surface area (Å²) >= 11 is 8.49. The minimum absolute atomic E-state index is 0.110. The molecule has 2 aromatic rings. The zero-order valence-corrected chi connectivity index (χ0v) is 15.3. The van der Waals surface area contributed by atoms with E-state index in [1.807, 2.05) is 13.0 Å². The number of rotatable bonds is 4. The number of nitrogens with two attached hydrogens (primary N) is 1. The number of anilines is 1. The second kappa shape index (κ2) is 6.15. The summed E-state index contributed by atoms with van der Waals surface area (Å²) in [4.78, 5) is 1.24. The Morgan fingerprint density at radius 2 is 2.00 bits per heavy atom. The van der Waals surface area contributed by atoms with E-state index in [9.17, 15) is 8.42 Å². The number of primary sulfonamides is 1. The quantitative estimate of drug-likeness (QED) is 0.759. The van der Waals surface area contributed by atoms with Crippen molar-refractivity contribution >= 4 is 58.9 Å². The standard InChI is InChI=1S/C12H12Br2N2O2S2/c1-7-2-3-9(20(15,17)18)5-11(7)16-6-8-4-10(13)12(14)19-8/h2-5,16H,6H2,1H3,(H2,15,17,18). The summed E-state index contributed by atoms with van der Waals surface area (Å²) in [6.07, 6.45) is 0. The predicted octanol–water partition coefficient (Wildman–Crippen LogP) is 3.84. The molecule has 0 atom stereocenters. The minimum Gasteiger partial charge on any atom is -0.380 e. The van der Waals surface area contributed by atoms with Gasteiger partial charge < -0.3 is 5.32 Å². The number of hydrogen-bond donors (Lipinski definition) is 2. The second-order valence-electron chi connectivity index (χ2n) is 4.21. The van der Waals surface area contributed by atoms with Gasteiger partial charge >= 0.3 is 0 Å². The maximum Gasteiger partial charge on any atom is 0.238 e. The number of nitrogens with one attached hydrogen (secondary N) is 1. The molecule has 0 aliphatic heterocycles. The number of sulfonamides is 1. The van der Waals surface area contributed by atoms with Crippen molar-refractivity contribution in [1.82, 2.24) is 0 Å². The van der Waals surface area contributed by atoms with Gasteiger partial charge in [-0.25, -0.2) is 13.6 Å². The van der Waals surface area contributed by atoms with Gasteiger partial charge in [-0.15, -0.1) is 11.3 Å². The summed E-state index contributed by atoms with van der Waals surface area (Å²) in [5.74, 6) is 0. The van der Waals surface area contributed by atoms with Gasteiger partial charge in [-0.2, -0.15) is 0 Å². The molecule has 3 N–H and O–H groups in total. The van der Waals surface area contributed by atoms with E-state index in [0.717, 1.165) is 24.4 Å². The van der Waals surface area contributed by atoms with Crippen LogP contribution in [0.4, 0.5) is 5.69 Å². The van der Waals surface area contributed by atoms with Gasteiger partial charge in [0.15, 0.2) is 0 Å². The molecule has 108 valence electrons. The Morgan fingerprint density at radius 1 is 1.30 bits per heavy atom. The van der Waals surface area contributed by atoms with Crippen molar-refractivity contribution in [1.29, 1.82) is 0 Å². The number of hydrogen-bond acceptors (Lipinski definition) is 4. The lowest BCUT2D eigenvalue weighted by Crippen LogP contribution is -2.12. The SMILES string of the molecule is Cc1ccc(S(N)(=O)=O)cc1NCc1cc(Br)c(Br)s1. The highest BCUT2D eigenvalue weighted by Gasteiger charge is 2.10. The van der Waals surface area contributed by atoms with Crippen LogP contribution < -0.4 is 10.5 Å². The first-order chi connectivity index (χ1) is 9.27. The van der Waals surface area contributed by atoms with Crippen LogP contribution in [0, 0.1) is 6.92 Å². The van der Waals surface area contributed by atoms with Crippen molar-refractivity contribution in [3.63, 3.8) is 0 Å². The first kappa shape index (κ1) is 16.0. The molecule has 0 aliphatic rings. The summed E-state index contributed by atoms with van der Waals surface area (Å²) in [5.41, 5.74) is 1.73. The van der Waals surface area contributed by atoms with E-state index < -0.39 is 10.0 Å². The number of aryl methyl sites for hydroxylation is 1. The highest BCUT2D eigenvalue weighted by atomic mass is 79.9. The van der Waals surface area contributed by atoms with Crippen LogP contribution in [0.25, 0.3) is 0 Å². The van der Waals surface area contributed by atoms with Gasteiger partial charge in [0.2, 0.25) is 10.0 Å². The molecule has 0 unspecified atom stereocenters. The first-order valence-corrected chi connectivity index (χ1v) is 9.53. The van der Waals surface area contributed by atoms with Crippen LogP contribution in [0.15, 0.2) is 37.4 Å². The molecule has 4 nitrogen and oxygen atoms in total. The van der Waals surface area contributed by atoms with Gasteiger partial charge in [0.05, 0.1) is 8.68 Å². The molecular formula is C12H12Br2N2O2S2. The van der Waals surface area contributed by atoms with E-state index in [4.69, 9.17) is 5.14 Å². The lowest BCUT2D eigenvalue weighted by Gasteiger charge is -2.10. The minimum atomic E-state index is -3.68. The van der Waals surface area contributed by atoms with Crippen LogP contribution in [0.2, 0.25) is 0 Å². The van der Waals surface area contributed by atoms with Gasteiger partial charge in [0.25, 0.3) is 0 Å². The van der Waals surface area contributed by atoms with E-state index in [2.05, 4.69) is 37.2 Å². The van der Waals surface area contributed by atoms with Crippen molar-refractivity contribution in [3.05, 3.63) is 43.0 Å². The zero-order chi connectivity index (χ0) is 14.9. The molecule has 8 heteroatoms. The first-order valence-electron chi connectivity index (χ1n) is 5.58. The topological polar surface area (TPSA) is 72.2 Å². The fraction of sp³-hybridized carbons (Fsp3) is 0.167. The van der Waals surface area contributed by atoms with Crippen molar-refractivity contribution in [2.45, 2.75) is 18.4 Å². The summed E-state index contributed by atoms with van der Waals surface area (Å²) in [7, 11) is -3.68. The lowest BCUT2D eigenvalue weighted by atomic mass is 10.2. The molecule has 0 fully saturated rings. The Labute approximate surface area is 138 Å². The Balaban J connectivity index is 2.21. The van der Waals surface area contributed by atoms with E-state index in [1.54, 1.807) is 23.5 Å². The molecule has 0 saturated carbocycles. The van der Waals surface area contributed by atoms with E-state index in [1.165, 1.54) is 6.07 Å². The molecule has 0 saturated heterocycles. The van der Waals surface area contributed by atoms with Gasteiger partial charge in [0, 0.05) is 21.6 Å². The van der Waals surface area contributed by atoms with Crippen LogP contribution in [0.5, 0.6) is 0 Å². The molecule has 1 heterocycles. The molecule has 0 aliphatic carbocycles. The molecule has 0 amide bonds. The van der Waals surface area contributed by atoms with Crippen LogP contribution in [0.3, 0.4) is 0 Å². The van der Waals surface area contributed by atoms with Crippen LogP contribution in [-0.4, -0.2) is 8.42 Å². The van der Waals surface area contributed by atoms with Crippen LogP contribution in [0.1, 0.15) is 10.4 Å². The number of halogens is 2. The third kappa shape index (κ3) is 3.82. The van der Waals surface area contributed by atoms with E-state index >= 15 is 0 Å². The lowest BCUT2D eigenvalue weighted by molar-refractivity contribution is 0.598. The largest absolute Gasteiger partial charge is 0.380 e. The number of benzene rings is 1. The molecule has 0 spiro atoms. The Hall–Kier alpha value is -0.410. The maximum atomic E-state index is 11.4. The van der Waals surface area contributed by atoms with E-state index in [0.29, 0.717) is 6.54 Å². The Morgan fingerprint density at radius 3 is 2.55 bits per heavy atom. The number of thiophene rings is 1. The Bertz CT molecular complexity index is 722. The van der Waals surface area contributed by atoms with Crippen LogP contribution >= 0.6 is 43.2 Å². The van der Waals surface area contributed by atoms with Gasteiger partial charge in [0.1, 0.15) is 0 Å². The highest BCUT2D eigenvalue weighted by Crippen LogP contribution is 2.33. The normalized spacial score (nSPS) is 11.6. The monoisotopic (exact) mass is 438 g/mol. The van der Waals surface area contributed by atoms with Crippen molar-refractivity contribution in [2.24, 2.45) is 5.14 Å². The molecular weight excluding hydrogens is 428 g/mol. The van der Waals surface area contributed by atoms with E-state index in [-0.39, 0.29) is 4.90 Å². The van der Waals surface area contributed by atoms with Gasteiger partial charge in [-0.3, -0.25) is 0 Å². The summed E-state index contributed by atoms with van der Waals surface area (Å²) in [6, 6.07) is 6.82. The fourth-order valence-electron chi connectivity index (χ4n) is 1.63. The summed E-state index contributed by atoms with van der Waals surface area (Å²) in [6.45, 7) is 2.53. The molecule has 1 aromatic carbocycles. The summed E-state index contributed by atoms with van der Waals surface area (Å²) in [5, 5.41) is 8.37. The molecule has 1 aromatic heterocycles. The smallest absolute Gasteiger partial charge is 0.238 e. The van der Waals surface area contributed by atoms with Crippen LogP contribution in [-0.2, 0) is 16.6 Å². The highest BCUT2D eigenvalue weighted by molar-refractivity contribution is 9.13. The maximum absolute atomic E-state index is 11.4. The molecule has 20 heavy (non-hydrogen) atoms. The molecule has 0 radical (unpaired) electrons. The predicted molar refractivity (Wildman–Crippen MR) is 89.6 cm³/mol.